The van der Waals surface area contributed by atoms with Gasteiger partial charge in [0.15, 0.2) is 5.84 Å². The maximum Gasteiger partial charge on any atom is 0.235 e. The zero-order valence-electron chi connectivity index (χ0n) is 11.0. The molecular formula is C13H18BrN3O2. The van der Waals surface area contributed by atoms with Crippen LogP contribution in [0.25, 0.3) is 0 Å². The number of amidine groups is 1. The second-order valence-corrected chi connectivity index (χ2v) is 5.12. The summed E-state index contributed by atoms with van der Waals surface area (Å²) in [5.41, 5.74) is 7.21. The van der Waals surface area contributed by atoms with Crippen LogP contribution in [0.1, 0.15) is 25.3 Å². The maximum atomic E-state index is 12.2. The quantitative estimate of drug-likeness (QED) is 0.336. The van der Waals surface area contributed by atoms with Crippen molar-refractivity contribution in [1.82, 2.24) is 0 Å². The molecule has 1 aromatic rings. The van der Waals surface area contributed by atoms with Crippen LogP contribution in [0, 0.1) is 12.8 Å². The lowest BCUT2D eigenvalue weighted by molar-refractivity contribution is -0.118. The van der Waals surface area contributed by atoms with Gasteiger partial charge in [0.05, 0.1) is 5.92 Å². The van der Waals surface area contributed by atoms with Crippen molar-refractivity contribution in [2.24, 2.45) is 16.8 Å². The number of nitrogens with one attached hydrogen (secondary N) is 1. The second kappa shape index (κ2) is 7.13. The molecule has 1 rings (SSSR count). The fourth-order valence-electron chi connectivity index (χ4n) is 1.73. The lowest BCUT2D eigenvalue weighted by Gasteiger charge is -2.16. The Morgan fingerprint density at radius 1 is 1.58 bits per heavy atom. The van der Waals surface area contributed by atoms with Gasteiger partial charge in [0.2, 0.25) is 5.91 Å². The van der Waals surface area contributed by atoms with E-state index in [0.29, 0.717) is 12.1 Å². The standard InChI is InChI=1S/C13H18BrN3O2/c1-3-5-9(12(15)17-19)13(18)16-11-7-4-6-10(14)8(11)2/h4,6-7,9,19H,3,5H2,1-2H3,(H2,15,17)(H,16,18). The predicted octanol–water partition coefficient (Wildman–Crippen LogP) is 2.86. The summed E-state index contributed by atoms with van der Waals surface area (Å²) in [5, 5.41) is 14.5. The van der Waals surface area contributed by atoms with E-state index in [-0.39, 0.29) is 11.7 Å². The van der Waals surface area contributed by atoms with Crippen LogP contribution in [0.5, 0.6) is 0 Å². The zero-order valence-corrected chi connectivity index (χ0v) is 12.6. The highest BCUT2D eigenvalue weighted by molar-refractivity contribution is 9.10. The number of carbonyl (C=O) groups excluding carboxylic acids is 1. The van der Waals surface area contributed by atoms with E-state index < -0.39 is 5.92 Å². The van der Waals surface area contributed by atoms with Crippen molar-refractivity contribution in [3.63, 3.8) is 0 Å². The number of nitrogens with zero attached hydrogens (tertiary/aromatic N) is 1. The van der Waals surface area contributed by atoms with Crippen LogP contribution in [0.15, 0.2) is 27.8 Å². The van der Waals surface area contributed by atoms with Crippen LogP contribution in [0.3, 0.4) is 0 Å². The third-order valence-corrected chi connectivity index (χ3v) is 3.75. The zero-order chi connectivity index (χ0) is 14.4. The molecule has 0 saturated heterocycles. The lowest BCUT2D eigenvalue weighted by Crippen LogP contribution is -2.34. The fraction of sp³-hybridized carbons (Fsp3) is 0.385. The first-order valence-electron chi connectivity index (χ1n) is 6.04. The largest absolute Gasteiger partial charge is 0.409 e. The summed E-state index contributed by atoms with van der Waals surface area (Å²) >= 11 is 3.41. The summed E-state index contributed by atoms with van der Waals surface area (Å²) < 4.78 is 0.918. The molecule has 0 aliphatic carbocycles. The molecule has 0 heterocycles. The van der Waals surface area contributed by atoms with Gasteiger partial charge in [0.1, 0.15) is 0 Å². The summed E-state index contributed by atoms with van der Waals surface area (Å²) in [6, 6.07) is 5.55. The molecule has 1 aromatic carbocycles. The van der Waals surface area contributed by atoms with Gasteiger partial charge in [-0.25, -0.2) is 0 Å². The molecule has 0 aliphatic heterocycles. The summed E-state index contributed by atoms with van der Waals surface area (Å²) in [5.74, 6) is -0.946. The molecule has 0 radical (unpaired) electrons. The van der Waals surface area contributed by atoms with E-state index in [1.807, 2.05) is 32.0 Å². The molecule has 0 spiro atoms. The van der Waals surface area contributed by atoms with Gasteiger partial charge in [-0.05, 0) is 31.0 Å². The van der Waals surface area contributed by atoms with Gasteiger partial charge in [-0.1, -0.05) is 40.5 Å². The highest BCUT2D eigenvalue weighted by Crippen LogP contribution is 2.24. The van der Waals surface area contributed by atoms with Crippen LogP contribution in [-0.4, -0.2) is 17.0 Å². The molecule has 0 aliphatic rings. The number of carbonyl (C=O) groups is 1. The van der Waals surface area contributed by atoms with E-state index in [0.717, 1.165) is 16.5 Å². The molecule has 1 atom stereocenters. The third-order valence-electron chi connectivity index (χ3n) is 2.89. The molecule has 1 amide bonds. The Kier molecular flexibility index (Phi) is 5.82. The Hall–Kier alpha value is -1.56. The number of halogens is 1. The average Bonchev–Trinajstić information content (AvgIpc) is 2.40. The number of rotatable bonds is 5. The summed E-state index contributed by atoms with van der Waals surface area (Å²) in [6.07, 6.45) is 1.31. The van der Waals surface area contributed by atoms with Crippen molar-refractivity contribution >= 4 is 33.4 Å². The van der Waals surface area contributed by atoms with Gasteiger partial charge in [0.25, 0.3) is 0 Å². The Bertz CT molecular complexity index is 489. The van der Waals surface area contributed by atoms with Crippen molar-refractivity contribution in [1.29, 1.82) is 0 Å². The molecule has 19 heavy (non-hydrogen) atoms. The Balaban J connectivity index is 2.90. The summed E-state index contributed by atoms with van der Waals surface area (Å²) in [6.45, 7) is 3.84. The number of hydrogen-bond donors (Lipinski definition) is 3. The first-order chi connectivity index (χ1) is 9.01. The molecule has 4 N–H and O–H groups in total. The van der Waals surface area contributed by atoms with Gasteiger partial charge in [-0.3, -0.25) is 4.79 Å². The van der Waals surface area contributed by atoms with Crippen molar-refractivity contribution in [3.8, 4) is 0 Å². The number of oxime groups is 1. The minimum absolute atomic E-state index is 0.0630. The van der Waals surface area contributed by atoms with E-state index in [9.17, 15) is 4.79 Å². The Morgan fingerprint density at radius 3 is 2.84 bits per heavy atom. The van der Waals surface area contributed by atoms with Crippen LogP contribution in [-0.2, 0) is 4.79 Å². The van der Waals surface area contributed by atoms with E-state index in [4.69, 9.17) is 10.9 Å². The van der Waals surface area contributed by atoms with Gasteiger partial charge in [-0.15, -0.1) is 0 Å². The molecule has 0 aromatic heterocycles. The second-order valence-electron chi connectivity index (χ2n) is 4.27. The number of anilines is 1. The smallest absolute Gasteiger partial charge is 0.235 e. The van der Waals surface area contributed by atoms with Crippen molar-refractivity contribution in [2.45, 2.75) is 26.7 Å². The van der Waals surface area contributed by atoms with E-state index in [2.05, 4.69) is 26.4 Å². The van der Waals surface area contributed by atoms with Crippen LogP contribution < -0.4 is 11.1 Å². The highest BCUT2D eigenvalue weighted by Gasteiger charge is 2.22. The monoisotopic (exact) mass is 327 g/mol. The first kappa shape index (κ1) is 15.5. The number of amides is 1. The SMILES string of the molecule is CCCC(C(=O)Nc1cccc(Br)c1C)/C(N)=N/O. The molecule has 104 valence electrons. The van der Waals surface area contributed by atoms with E-state index >= 15 is 0 Å². The van der Waals surface area contributed by atoms with Crippen molar-refractivity contribution in [3.05, 3.63) is 28.2 Å². The van der Waals surface area contributed by atoms with Crippen LogP contribution >= 0.6 is 15.9 Å². The molecule has 0 fully saturated rings. The molecule has 6 heteroatoms. The molecule has 5 nitrogen and oxygen atoms in total. The third kappa shape index (κ3) is 3.96. The maximum absolute atomic E-state index is 12.2. The number of benzene rings is 1. The Labute approximate surface area is 121 Å². The van der Waals surface area contributed by atoms with Crippen LogP contribution in [0.2, 0.25) is 0 Å². The van der Waals surface area contributed by atoms with Crippen molar-refractivity contribution in [2.75, 3.05) is 5.32 Å². The summed E-state index contributed by atoms with van der Waals surface area (Å²) in [7, 11) is 0. The highest BCUT2D eigenvalue weighted by atomic mass is 79.9. The van der Waals surface area contributed by atoms with Crippen LogP contribution in [0.4, 0.5) is 5.69 Å². The molecule has 1 unspecified atom stereocenters. The van der Waals surface area contributed by atoms with Crippen molar-refractivity contribution < 1.29 is 10.0 Å². The van der Waals surface area contributed by atoms with Gasteiger partial charge in [0, 0.05) is 10.2 Å². The number of hydrogen-bond acceptors (Lipinski definition) is 3. The minimum atomic E-state index is -0.617. The Morgan fingerprint density at radius 2 is 2.26 bits per heavy atom. The topological polar surface area (TPSA) is 87.7 Å². The van der Waals surface area contributed by atoms with Gasteiger partial charge in [-0.2, -0.15) is 0 Å². The van der Waals surface area contributed by atoms with Gasteiger partial charge < -0.3 is 16.3 Å². The summed E-state index contributed by atoms with van der Waals surface area (Å²) in [4.78, 5) is 12.2. The molecular weight excluding hydrogens is 310 g/mol. The predicted molar refractivity (Wildman–Crippen MR) is 79.3 cm³/mol. The average molecular weight is 328 g/mol. The lowest BCUT2D eigenvalue weighted by atomic mass is 10.0. The minimum Gasteiger partial charge on any atom is -0.409 e. The molecule has 0 bridgehead atoms. The first-order valence-corrected chi connectivity index (χ1v) is 6.84. The van der Waals surface area contributed by atoms with E-state index in [1.165, 1.54) is 0 Å². The van der Waals surface area contributed by atoms with Gasteiger partial charge >= 0.3 is 0 Å². The molecule has 0 saturated carbocycles. The fourth-order valence-corrected chi connectivity index (χ4v) is 2.10. The normalized spacial score (nSPS) is 13.1. The number of nitrogens with two attached hydrogens (primary N) is 1. The van der Waals surface area contributed by atoms with E-state index in [1.54, 1.807) is 0 Å².